The number of imide groups is 1. The maximum Gasteiger partial charge on any atom is 0.321 e. The number of rotatable bonds is 8. The van der Waals surface area contributed by atoms with Crippen LogP contribution in [-0.2, 0) is 17.9 Å². The fourth-order valence-electron chi connectivity index (χ4n) is 3.46. The van der Waals surface area contributed by atoms with E-state index < -0.39 is 17.2 Å². The minimum absolute atomic E-state index is 0.345. The van der Waals surface area contributed by atoms with Gasteiger partial charge in [-0.15, -0.1) is 10.2 Å². The summed E-state index contributed by atoms with van der Waals surface area (Å²) in [5.41, 5.74) is 0.956. The third-order valence-corrected chi connectivity index (χ3v) is 6.24. The lowest BCUT2D eigenvalue weighted by Gasteiger charge is -2.18. The lowest BCUT2D eigenvalue weighted by Crippen LogP contribution is -2.42. The molecular weight excluding hydrogens is 428 g/mol. The molecule has 0 radical (unpaired) electrons. The van der Waals surface area contributed by atoms with Crippen molar-refractivity contribution in [3.8, 4) is 0 Å². The largest absolute Gasteiger partial charge is 0.467 e. The number of amides is 3. The predicted molar refractivity (Wildman–Crippen MR) is 121 cm³/mol. The molecule has 9 nitrogen and oxygen atoms in total. The fraction of sp³-hybridized carbons (Fsp3) is 0.364. The Balaban J connectivity index is 1.38. The summed E-state index contributed by atoms with van der Waals surface area (Å²) in [7, 11) is 0. The number of furan rings is 1. The molecule has 1 aromatic carbocycles. The molecule has 1 unspecified atom stereocenters. The first-order valence-electron chi connectivity index (χ1n) is 10.6. The van der Waals surface area contributed by atoms with Gasteiger partial charge in [-0.25, -0.2) is 4.79 Å². The van der Waals surface area contributed by atoms with Crippen LogP contribution in [0.1, 0.15) is 31.1 Å². The quantitative estimate of drug-likeness (QED) is 0.504. The van der Waals surface area contributed by atoms with Crippen LogP contribution in [0.3, 0.4) is 0 Å². The lowest BCUT2D eigenvalue weighted by molar-refractivity contribution is -0.119. The zero-order valence-corrected chi connectivity index (χ0v) is 18.7. The summed E-state index contributed by atoms with van der Waals surface area (Å²) in [6.45, 7) is 4.42. The average Bonchev–Trinajstić information content (AvgIpc) is 3.56. The van der Waals surface area contributed by atoms with E-state index in [1.807, 2.05) is 47.0 Å². The normalized spacial score (nSPS) is 14.3. The van der Waals surface area contributed by atoms with E-state index in [1.165, 1.54) is 11.8 Å². The Bertz CT molecular complexity index is 1030. The molecule has 3 amide bonds. The SMILES string of the molecule is CC(Sc1nnc(N2CCCC2)n1Cc1ccco1)C(=O)NC(=O)NCc1ccccc1. The Hall–Kier alpha value is -3.27. The fourth-order valence-corrected chi connectivity index (χ4v) is 4.31. The monoisotopic (exact) mass is 454 g/mol. The van der Waals surface area contributed by atoms with Gasteiger partial charge < -0.3 is 14.6 Å². The third kappa shape index (κ3) is 5.50. The van der Waals surface area contributed by atoms with Crippen molar-refractivity contribution in [3.05, 3.63) is 60.1 Å². The van der Waals surface area contributed by atoms with E-state index in [4.69, 9.17) is 4.42 Å². The number of hydrogen-bond donors (Lipinski definition) is 2. The Morgan fingerprint density at radius 3 is 2.62 bits per heavy atom. The molecule has 2 aromatic heterocycles. The topological polar surface area (TPSA) is 105 Å². The molecule has 3 aromatic rings. The first-order chi connectivity index (χ1) is 15.6. The maximum absolute atomic E-state index is 12.6. The van der Waals surface area contributed by atoms with Crippen molar-refractivity contribution in [2.75, 3.05) is 18.0 Å². The summed E-state index contributed by atoms with van der Waals surface area (Å²) in [4.78, 5) is 26.9. The van der Waals surface area contributed by atoms with Gasteiger partial charge in [0.2, 0.25) is 11.9 Å². The molecule has 0 aliphatic carbocycles. The molecule has 10 heteroatoms. The molecule has 168 valence electrons. The number of hydrogen-bond acceptors (Lipinski definition) is 7. The number of anilines is 1. The summed E-state index contributed by atoms with van der Waals surface area (Å²) < 4.78 is 7.48. The van der Waals surface area contributed by atoms with Gasteiger partial charge in [0, 0.05) is 19.6 Å². The highest BCUT2D eigenvalue weighted by Gasteiger charge is 2.25. The summed E-state index contributed by atoms with van der Waals surface area (Å²) in [6.07, 6.45) is 3.87. The van der Waals surface area contributed by atoms with Gasteiger partial charge in [-0.05, 0) is 37.5 Å². The molecule has 1 aliphatic heterocycles. The van der Waals surface area contributed by atoms with Crippen LogP contribution in [0.4, 0.5) is 10.7 Å². The second kappa shape index (κ2) is 10.4. The van der Waals surface area contributed by atoms with Crippen LogP contribution in [-0.4, -0.2) is 45.0 Å². The number of nitrogens with zero attached hydrogens (tertiary/aromatic N) is 4. The Morgan fingerprint density at radius 1 is 1.12 bits per heavy atom. The summed E-state index contributed by atoms with van der Waals surface area (Å²) in [6, 6.07) is 12.7. The molecule has 2 N–H and O–H groups in total. The number of carbonyl (C=O) groups excluding carboxylic acids is 2. The highest BCUT2D eigenvalue weighted by Crippen LogP contribution is 2.28. The van der Waals surface area contributed by atoms with E-state index in [0.29, 0.717) is 18.2 Å². The Labute approximate surface area is 190 Å². The van der Waals surface area contributed by atoms with Gasteiger partial charge >= 0.3 is 6.03 Å². The standard InChI is InChI=1S/C22H26N6O3S/c1-16(19(29)24-20(30)23-14-17-8-3-2-4-9-17)32-22-26-25-21(27-11-5-6-12-27)28(22)15-18-10-7-13-31-18/h2-4,7-10,13,16H,5-6,11-12,14-15H2,1H3,(H2,23,24,29,30). The van der Waals surface area contributed by atoms with Crippen LogP contribution in [0.25, 0.3) is 0 Å². The van der Waals surface area contributed by atoms with Crippen LogP contribution in [0, 0.1) is 0 Å². The van der Waals surface area contributed by atoms with Gasteiger partial charge in [0.25, 0.3) is 0 Å². The molecule has 4 rings (SSSR count). The molecule has 1 fully saturated rings. The van der Waals surface area contributed by atoms with Crippen molar-refractivity contribution >= 4 is 29.6 Å². The second-order valence-electron chi connectivity index (χ2n) is 7.56. The molecule has 1 atom stereocenters. The van der Waals surface area contributed by atoms with Gasteiger partial charge in [-0.3, -0.25) is 14.7 Å². The zero-order chi connectivity index (χ0) is 22.3. The van der Waals surface area contributed by atoms with Crippen molar-refractivity contribution in [2.45, 2.75) is 43.3 Å². The lowest BCUT2D eigenvalue weighted by atomic mass is 10.2. The van der Waals surface area contributed by atoms with Gasteiger partial charge in [-0.2, -0.15) is 0 Å². The van der Waals surface area contributed by atoms with Crippen LogP contribution < -0.4 is 15.5 Å². The number of aromatic nitrogens is 3. The summed E-state index contributed by atoms with van der Waals surface area (Å²) >= 11 is 1.27. The third-order valence-electron chi connectivity index (χ3n) is 5.16. The van der Waals surface area contributed by atoms with Crippen molar-refractivity contribution in [2.24, 2.45) is 0 Å². The molecule has 1 aliphatic rings. The minimum atomic E-state index is -0.538. The Morgan fingerprint density at radius 2 is 1.91 bits per heavy atom. The highest BCUT2D eigenvalue weighted by atomic mass is 32.2. The molecule has 1 saturated heterocycles. The van der Waals surface area contributed by atoms with E-state index in [9.17, 15) is 9.59 Å². The molecular formula is C22H26N6O3S. The van der Waals surface area contributed by atoms with Crippen molar-refractivity contribution < 1.29 is 14.0 Å². The number of urea groups is 1. The number of carbonyl (C=O) groups is 2. The van der Waals surface area contributed by atoms with E-state index in [0.717, 1.165) is 43.2 Å². The molecule has 3 heterocycles. The van der Waals surface area contributed by atoms with E-state index in [2.05, 4.69) is 25.7 Å². The van der Waals surface area contributed by atoms with Gasteiger partial charge in [0.15, 0.2) is 5.16 Å². The van der Waals surface area contributed by atoms with Crippen molar-refractivity contribution in [1.29, 1.82) is 0 Å². The van der Waals surface area contributed by atoms with Crippen LogP contribution in [0.5, 0.6) is 0 Å². The average molecular weight is 455 g/mol. The van der Waals surface area contributed by atoms with Gasteiger partial charge in [-0.1, -0.05) is 42.1 Å². The van der Waals surface area contributed by atoms with E-state index in [1.54, 1.807) is 13.2 Å². The molecule has 0 saturated carbocycles. The summed E-state index contributed by atoms with van der Waals surface area (Å²) in [5, 5.41) is 13.9. The number of nitrogens with one attached hydrogen (secondary N) is 2. The predicted octanol–water partition coefficient (Wildman–Crippen LogP) is 3.03. The van der Waals surface area contributed by atoms with Crippen LogP contribution in [0.15, 0.2) is 58.3 Å². The first kappa shape index (κ1) is 21.9. The summed E-state index contributed by atoms with van der Waals surface area (Å²) in [5.74, 6) is 1.16. The van der Waals surface area contributed by atoms with Crippen molar-refractivity contribution in [3.63, 3.8) is 0 Å². The second-order valence-corrected chi connectivity index (χ2v) is 8.87. The van der Waals surface area contributed by atoms with Gasteiger partial charge in [0.1, 0.15) is 5.76 Å². The Kier molecular flexibility index (Phi) is 7.10. The van der Waals surface area contributed by atoms with E-state index >= 15 is 0 Å². The zero-order valence-electron chi connectivity index (χ0n) is 17.9. The smallest absolute Gasteiger partial charge is 0.321 e. The number of thioether (sulfide) groups is 1. The maximum atomic E-state index is 12.6. The molecule has 0 bridgehead atoms. The minimum Gasteiger partial charge on any atom is -0.467 e. The van der Waals surface area contributed by atoms with Gasteiger partial charge in [0.05, 0.1) is 18.1 Å². The van der Waals surface area contributed by atoms with E-state index in [-0.39, 0.29) is 0 Å². The first-order valence-corrected chi connectivity index (χ1v) is 11.5. The molecule has 0 spiro atoms. The van der Waals surface area contributed by atoms with Crippen LogP contribution in [0.2, 0.25) is 0 Å². The van der Waals surface area contributed by atoms with Crippen molar-refractivity contribution in [1.82, 2.24) is 25.4 Å². The molecule has 32 heavy (non-hydrogen) atoms. The highest BCUT2D eigenvalue weighted by molar-refractivity contribution is 8.00. The number of benzene rings is 1. The van der Waals surface area contributed by atoms with Crippen LogP contribution >= 0.6 is 11.8 Å².